The third-order valence-corrected chi connectivity index (χ3v) is 2.82. The average Bonchev–Trinajstić information content (AvgIpc) is 2.33. The van der Waals surface area contributed by atoms with E-state index < -0.39 is 29.7 Å². The van der Waals surface area contributed by atoms with Crippen LogP contribution >= 0.6 is 0 Å². The lowest BCUT2D eigenvalue weighted by Crippen LogP contribution is -2.50. The van der Waals surface area contributed by atoms with Crippen LogP contribution in [-0.4, -0.2) is 46.4 Å². The summed E-state index contributed by atoms with van der Waals surface area (Å²) in [6.07, 6.45) is 3.17. The first-order valence-electron chi connectivity index (χ1n) is 7.05. The summed E-state index contributed by atoms with van der Waals surface area (Å²) < 4.78 is 5.09. The van der Waals surface area contributed by atoms with Crippen LogP contribution < -0.4 is 5.32 Å². The number of aliphatic hydroxyl groups is 1. The molecule has 0 radical (unpaired) electrons. The fourth-order valence-corrected chi connectivity index (χ4v) is 1.74. The Morgan fingerprint density at radius 2 is 1.90 bits per heavy atom. The summed E-state index contributed by atoms with van der Waals surface area (Å²) >= 11 is 0. The number of hydrogen-bond donors (Lipinski definition) is 3. The minimum atomic E-state index is -1.21. The number of hydrogen-bond acceptors (Lipinski definition) is 5. The van der Waals surface area contributed by atoms with Crippen molar-refractivity contribution in [2.75, 3.05) is 6.54 Å². The number of aliphatic hydroxyl groups excluding tert-OH is 1. The highest BCUT2D eigenvalue weighted by Crippen LogP contribution is 2.13. The largest absolute Gasteiger partial charge is 0.480 e. The number of rotatable bonds is 8. The second kappa shape index (κ2) is 8.79. The Balaban J connectivity index is 4.56. The predicted molar refractivity (Wildman–Crippen MR) is 79.9 cm³/mol. The first-order chi connectivity index (χ1) is 9.58. The Bertz CT molecular complexity index is 373. The Hall–Kier alpha value is -1.40. The summed E-state index contributed by atoms with van der Waals surface area (Å²) in [5.41, 5.74) is -0.630. The molecule has 0 bridgehead atoms. The van der Waals surface area contributed by atoms with Crippen molar-refractivity contribution >= 4 is 11.9 Å². The van der Waals surface area contributed by atoms with Crippen LogP contribution in [0.3, 0.4) is 0 Å². The maximum Gasteiger partial charge on any atom is 0.323 e. The fourth-order valence-electron chi connectivity index (χ4n) is 1.74. The van der Waals surface area contributed by atoms with Crippen molar-refractivity contribution in [3.8, 4) is 0 Å². The smallest absolute Gasteiger partial charge is 0.323 e. The standard InChI is InChI=1S/C15H27NO5/c1-6-7-8-10(2)13(18)12(14(19)20)16-9-11(17)21-15(3,4)5/h6-7,10,12-13,16,18H,8-9H2,1-5H3,(H,19,20)/b7-6+/t10-,12+,13-/m1/s1. The van der Waals surface area contributed by atoms with Crippen LogP contribution in [0.4, 0.5) is 0 Å². The molecular weight excluding hydrogens is 274 g/mol. The fraction of sp³-hybridized carbons (Fsp3) is 0.733. The van der Waals surface area contributed by atoms with Gasteiger partial charge in [0.25, 0.3) is 0 Å². The van der Waals surface area contributed by atoms with Gasteiger partial charge >= 0.3 is 11.9 Å². The lowest BCUT2D eigenvalue weighted by atomic mass is 9.94. The molecule has 0 saturated heterocycles. The van der Waals surface area contributed by atoms with Crippen molar-refractivity contribution in [1.29, 1.82) is 0 Å². The molecule has 0 aliphatic carbocycles. The minimum Gasteiger partial charge on any atom is -0.480 e. The van der Waals surface area contributed by atoms with E-state index in [2.05, 4.69) is 5.32 Å². The first-order valence-corrected chi connectivity index (χ1v) is 7.05. The van der Waals surface area contributed by atoms with E-state index >= 15 is 0 Å². The van der Waals surface area contributed by atoms with Gasteiger partial charge in [0, 0.05) is 0 Å². The van der Waals surface area contributed by atoms with Gasteiger partial charge < -0.3 is 14.9 Å². The van der Waals surface area contributed by atoms with Crippen LogP contribution in [0.1, 0.15) is 41.0 Å². The normalized spacial score (nSPS) is 16.5. The first kappa shape index (κ1) is 19.6. The highest BCUT2D eigenvalue weighted by Gasteiger charge is 2.30. The van der Waals surface area contributed by atoms with Gasteiger partial charge in [-0.1, -0.05) is 19.1 Å². The summed E-state index contributed by atoms with van der Waals surface area (Å²) in [6.45, 7) is 8.54. The van der Waals surface area contributed by atoms with Gasteiger partial charge in [-0.15, -0.1) is 0 Å². The lowest BCUT2D eigenvalue weighted by molar-refractivity contribution is -0.154. The summed E-state index contributed by atoms with van der Waals surface area (Å²) in [7, 11) is 0. The van der Waals surface area contributed by atoms with Gasteiger partial charge in [0.15, 0.2) is 0 Å². The highest BCUT2D eigenvalue weighted by atomic mass is 16.6. The lowest BCUT2D eigenvalue weighted by Gasteiger charge is -2.25. The Kier molecular flexibility index (Phi) is 8.21. The summed E-state index contributed by atoms with van der Waals surface area (Å²) in [5.74, 6) is -1.99. The summed E-state index contributed by atoms with van der Waals surface area (Å²) in [6, 6.07) is -1.21. The van der Waals surface area contributed by atoms with E-state index in [0.717, 1.165) is 0 Å². The minimum absolute atomic E-state index is 0.242. The van der Waals surface area contributed by atoms with Gasteiger partial charge in [-0.2, -0.15) is 0 Å². The zero-order valence-corrected chi connectivity index (χ0v) is 13.4. The summed E-state index contributed by atoms with van der Waals surface area (Å²) in [4.78, 5) is 22.8. The second-order valence-corrected chi connectivity index (χ2v) is 6.06. The number of carboxylic acids is 1. The van der Waals surface area contributed by atoms with Gasteiger partial charge in [-0.25, -0.2) is 0 Å². The molecule has 6 heteroatoms. The molecular formula is C15H27NO5. The topological polar surface area (TPSA) is 95.9 Å². The molecule has 122 valence electrons. The maximum absolute atomic E-state index is 11.6. The van der Waals surface area contributed by atoms with E-state index in [1.54, 1.807) is 27.7 Å². The molecule has 0 aromatic rings. The SMILES string of the molecule is C/C=C/C[C@@H](C)[C@@H](O)[C@H](NCC(=O)OC(C)(C)C)C(=O)O. The Morgan fingerprint density at radius 3 is 2.33 bits per heavy atom. The van der Waals surface area contributed by atoms with Crippen LogP contribution in [0, 0.1) is 5.92 Å². The molecule has 0 heterocycles. The Labute approximate surface area is 126 Å². The highest BCUT2D eigenvalue weighted by molar-refractivity contribution is 5.77. The van der Waals surface area contributed by atoms with Gasteiger partial charge in [-0.05, 0) is 40.0 Å². The van der Waals surface area contributed by atoms with Gasteiger partial charge in [0.05, 0.1) is 12.6 Å². The number of aliphatic carboxylic acids is 1. The molecule has 6 nitrogen and oxygen atoms in total. The predicted octanol–water partition coefficient (Wildman–Crippen LogP) is 1.33. The maximum atomic E-state index is 11.6. The Morgan fingerprint density at radius 1 is 1.33 bits per heavy atom. The molecule has 0 saturated carbocycles. The van der Waals surface area contributed by atoms with E-state index in [0.29, 0.717) is 6.42 Å². The number of allylic oxidation sites excluding steroid dienone is 2. The molecule has 0 amide bonds. The molecule has 0 aliphatic rings. The van der Waals surface area contributed by atoms with Gasteiger partial charge in [0.2, 0.25) is 0 Å². The zero-order chi connectivity index (χ0) is 16.6. The van der Waals surface area contributed by atoms with Crippen molar-refractivity contribution in [2.24, 2.45) is 5.92 Å². The number of carboxylic acid groups (broad SMARTS) is 1. The van der Waals surface area contributed by atoms with Crippen LogP contribution in [0.25, 0.3) is 0 Å². The molecule has 0 spiro atoms. The van der Waals surface area contributed by atoms with E-state index in [4.69, 9.17) is 4.74 Å². The van der Waals surface area contributed by atoms with E-state index in [9.17, 15) is 19.8 Å². The molecule has 0 aliphatic heterocycles. The van der Waals surface area contributed by atoms with Crippen molar-refractivity contribution in [2.45, 2.75) is 58.8 Å². The summed E-state index contributed by atoms with van der Waals surface area (Å²) in [5, 5.41) is 21.8. The van der Waals surface area contributed by atoms with Crippen molar-refractivity contribution in [3.05, 3.63) is 12.2 Å². The average molecular weight is 301 g/mol. The molecule has 0 aromatic carbocycles. The van der Waals surface area contributed by atoms with Crippen molar-refractivity contribution in [1.82, 2.24) is 5.32 Å². The molecule has 0 fully saturated rings. The van der Waals surface area contributed by atoms with E-state index in [1.165, 1.54) is 0 Å². The zero-order valence-electron chi connectivity index (χ0n) is 13.4. The van der Waals surface area contributed by atoms with Gasteiger partial charge in [-0.3, -0.25) is 14.9 Å². The molecule has 0 rings (SSSR count). The van der Waals surface area contributed by atoms with Crippen molar-refractivity contribution in [3.63, 3.8) is 0 Å². The number of carbonyl (C=O) groups is 2. The van der Waals surface area contributed by atoms with Crippen LogP contribution in [0.2, 0.25) is 0 Å². The number of ether oxygens (including phenoxy) is 1. The second-order valence-electron chi connectivity index (χ2n) is 6.06. The molecule has 3 N–H and O–H groups in total. The number of esters is 1. The quantitative estimate of drug-likeness (QED) is 0.462. The molecule has 0 aromatic heterocycles. The number of nitrogens with one attached hydrogen (secondary N) is 1. The van der Waals surface area contributed by atoms with E-state index in [1.807, 2.05) is 19.1 Å². The van der Waals surface area contributed by atoms with Crippen molar-refractivity contribution < 1.29 is 24.5 Å². The van der Waals surface area contributed by atoms with E-state index in [-0.39, 0.29) is 12.5 Å². The van der Waals surface area contributed by atoms with Gasteiger partial charge in [0.1, 0.15) is 11.6 Å². The third-order valence-electron chi connectivity index (χ3n) is 2.82. The van der Waals surface area contributed by atoms with Crippen LogP contribution in [0.5, 0.6) is 0 Å². The molecule has 3 atom stereocenters. The number of carbonyl (C=O) groups excluding carboxylic acids is 1. The molecule has 21 heavy (non-hydrogen) atoms. The monoisotopic (exact) mass is 301 g/mol. The third kappa shape index (κ3) is 8.47. The molecule has 0 unspecified atom stereocenters. The van der Waals surface area contributed by atoms with Crippen LogP contribution in [-0.2, 0) is 14.3 Å². The van der Waals surface area contributed by atoms with Crippen LogP contribution in [0.15, 0.2) is 12.2 Å².